The number of esters is 1. The van der Waals surface area contributed by atoms with Gasteiger partial charge in [0.25, 0.3) is 0 Å². The number of hydrogen-bond donors (Lipinski definition) is 1. The van der Waals surface area contributed by atoms with E-state index in [0.717, 1.165) is 6.26 Å². The molecule has 0 atom stereocenters. The van der Waals surface area contributed by atoms with E-state index in [0.29, 0.717) is 0 Å². The number of alkyl carbamates (subject to hydrolysis) is 1. The molecule has 0 aliphatic heterocycles. The molecule has 0 heterocycles. The molecule has 1 N–H and O–H groups in total. The van der Waals surface area contributed by atoms with E-state index in [1.165, 1.54) is 21.1 Å². The topological polar surface area (TPSA) is 64.6 Å². The van der Waals surface area contributed by atoms with Crippen molar-refractivity contribution in [2.45, 2.75) is 6.92 Å². The van der Waals surface area contributed by atoms with Crippen molar-refractivity contribution in [3.63, 3.8) is 0 Å². The number of carbonyl (C=O) groups is 2. The van der Waals surface area contributed by atoms with Gasteiger partial charge in [0.15, 0.2) is 0 Å². The molecule has 12 heavy (non-hydrogen) atoms. The molecule has 68 valence electrons. The predicted molar refractivity (Wildman–Crippen MR) is 41.3 cm³/mol. The van der Waals surface area contributed by atoms with E-state index >= 15 is 0 Å². The van der Waals surface area contributed by atoms with Gasteiger partial charge in [0, 0.05) is 7.05 Å². The van der Waals surface area contributed by atoms with Crippen molar-refractivity contribution in [1.82, 2.24) is 5.32 Å². The number of carbonyl (C=O) groups excluding carboxylic acids is 2. The van der Waals surface area contributed by atoms with E-state index in [2.05, 4.69) is 14.8 Å². The third-order valence-corrected chi connectivity index (χ3v) is 1.05. The summed E-state index contributed by atoms with van der Waals surface area (Å²) in [7, 11) is 2.67. The third-order valence-electron chi connectivity index (χ3n) is 1.05. The van der Waals surface area contributed by atoms with Crippen LogP contribution in [0.4, 0.5) is 4.79 Å². The van der Waals surface area contributed by atoms with Crippen LogP contribution in [0.3, 0.4) is 0 Å². The van der Waals surface area contributed by atoms with Gasteiger partial charge in [-0.25, -0.2) is 9.59 Å². The highest BCUT2D eigenvalue weighted by atomic mass is 16.5. The van der Waals surface area contributed by atoms with E-state index in [-0.39, 0.29) is 5.57 Å². The Bertz CT molecular complexity index is 209. The molecule has 0 rings (SSSR count). The van der Waals surface area contributed by atoms with Crippen molar-refractivity contribution in [3.05, 3.63) is 11.8 Å². The molecule has 0 radical (unpaired) electrons. The van der Waals surface area contributed by atoms with Gasteiger partial charge in [0.2, 0.25) is 0 Å². The van der Waals surface area contributed by atoms with Gasteiger partial charge in [-0.2, -0.15) is 0 Å². The molecule has 0 aromatic heterocycles. The summed E-state index contributed by atoms with van der Waals surface area (Å²) >= 11 is 0. The van der Waals surface area contributed by atoms with Crippen LogP contribution < -0.4 is 5.32 Å². The summed E-state index contributed by atoms with van der Waals surface area (Å²) in [6.45, 7) is 1.48. The minimum Gasteiger partial charge on any atom is -0.466 e. The molecule has 0 aromatic carbocycles. The minimum absolute atomic E-state index is 0.223. The predicted octanol–water partition coefficient (Wildman–Crippen LogP) is 0.419. The number of ether oxygens (including phenoxy) is 2. The van der Waals surface area contributed by atoms with Crippen LogP contribution in [0, 0.1) is 0 Å². The summed E-state index contributed by atoms with van der Waals surface area (Å²) in [5.74, 6) is -0.529. The van der Waals surface area contributed by atoms with Gasteiger partial charge in [-0.3, -0.25) is 0 Å². The van der Waals surface area contributed by atoms with Crippen LogP contribution in [0.15, 0.2) is 11.8 Å². The second-order valence-corrected chi connectivity index (χ2v) is 1.95. The number of nitrogens with one attached hydrogen (secondary N) is 1. The summed E-state index contributed by atoms with van der Waals surface area (Å²) in [4.78, 5) is 21.2. The number of rotatable bonds is 2. The molecule has 0 aliphatic rings. The maximum Gasteiger partial charge on any atom is 0.411 e. The molecule has 5 nitrogen and oxygen atoms in total. The van der Waals surface area contributed by atoms with E-state index in [1.54, 1.807) is 0 Å². The average molecular weight is 173 g/mol. The minimum atomic E-state index is -0.627. The lowest BCUT2D eigenvalue weighted by Gasteiger charge is -1.99. The number of methoxy groups -OCH3 is 1. The molecule has 1 amide bonds. The van der Waals surface area contributed by atoms with Crippen molar-refractivity contribution in [1.29, 1.82) is 0 Å². The quantitative estimate of drug-likeness (QED) is 0.373. The SMILES string of the molecule is CNC(=O)O/C=C(\C)C(=O)OC. The highest BCUT2D eigenvalue weighted by Crippen LogP contribution is 1.95. The lowest BCUT2D eigenvalue weighted by Crippen LogP contribution is -2.17. The van der Waals surface area contributed by atoms with Crippen LogP contribution in [0.5, 0.6) is 0 Å². The highest BCUT2D eigenvalue weighted by Gasteiger charge is 2.03. The molecule has 0 fully saturated rings. The molecule has 0 aromatic rings. The Morgan fingerprint density at radius 1 is 1.42 bits per heavy atom. The lowest BCUT2D eigenvalue weighted by molar-refractivity contribution is -0.136. The van der Waals surface area contributed by atoms with E-state index in [1.807, 2.05) is 0 Å². The van der Waals surface area contributed by atoms with Crippen molar-refractivity contribution in [2.75, 3.05) is 14.2 Å². The van der Waals surface area contributed by atoms with Gasteiger partial charge >= 0.3 is 12.1 Å². The second-order valence-electron chi connectivity index (χ2n) is 1.95. The van der Waals surface area contributed by atoms with Crippen molar-refractivity contribution in [2.24, 2.45) is 0 Å². The van der Waals surface area contributed by atoms with Crippen LogP contribution >= 0.6 is 0 Å². The molecule has 0 spiro atoms. The molecule has 0 saturated carbocycles. The monoisotopic (exact) mass is 173 g/mol. The lowest BCUT2D eigenvalue weighted by atomic mass is 10.3. The van der Waals surface area contributed by atoms with Crippen LogP contribution in [0.2, 0.25) is 0 Å². The molecule has 5 heteroatoms. The molecule has 0 aliphatic carbocycles. The first-order valence-electron chi connectivity index (χ1n) is 3.25. The Hall–Kier alpha value is -1.52. The molecule has 0 saturated heterocycles. The smallest absolute Gasteiger partial charge is 0.411 e. The van der Waals surface area contributed by atoms with Crippen LogP contribution in [-0.4, -0.2) is 26.2 Å². The summed E-state index contributed by atoms with van der Waals surface area (Å²) in [6, 6.07) is 0. The molecule has 0 bridgehead atoms. The Morgan fingerprint density at radius 3 is 2.42 bits per heavy atom. The first-order valence-corrected chi connectivity index (χ1v) is 3.25. The summed E-state index contributed by atoms with van der Waals surface area (Å²) in [5.41, 5.74) is 0.223. The number of hydrogen-bond acceptors (Lipinski definition) is 4. The van der Waals surface area contributed by atoms with Crippen LogP contribution in [0.1, 0.15) is 6.92 Å². The van der Waals surface area contributed by atoms with E-state index in [4.69, 9.17) is 0 Å². The third kappa shape index (κ3) is 3.60. The summed E-state index contributed by atoms with van der Waals surface area (Å²) in [5, 5.41) is 2.22. The molecular weight excluding hydrogens is 162 g/mol. The largest absolute Gasteiger partial charge is 0.466 e. The Kier molecular flexibility index (Phi) is 4.52. The zero-order valence-corrected chi connectivity index (χ0v) is 7.21. The Balaban J connectivity index is 4.00. The van der Waals surface area contributed by atoms with Crippen molar-refractivity contribution in [3.8, 4) is 0 Å². The maximum atomic E-state index is 10.7. The van der Waals surface area contributed by atoms with E-state index in [9.17, 15) is 9.59 Å². The van der Waals surface area contributed by atoms with E-state index < -0.39 is 12.1 Å². The Morgan fingerprint density at radius 2 is 2.00 bits per heavy atom. The Labute approximate surface area is 70.3 Å². The normalized spacial score (nSPS) is 10.4. The van der Waals surface area contributed by atoms with Gasteiger partial charge < -0.3 is 14.8 Å². The van der Waals surface area contributed by atoms with Gasteiger partial charge in [-0.05, 0) is 6.92 Å². The van der Waals surface area contributed by atoms with Crippen LogP contribution in [0.25, 0.3) is 0 Å². The zero-order chi connectivity index (χ0) is 9.56. The fourth-order valence-corrected chi connectivity index (χ4v) is 0.410. The van der Waals surface area contributed by atoms with Gasteiger partial charge in [-0.15, -0.1) is 0 Å². The molecule has 0 unspecified atom stereocenters. The van der Waals surface area contributed by atoms with Gasteiger partial charge in [-0.1, -0.05) is 0 Å². The number of amides is 1. The molecular formula is C7H11NO4. The standard InChI is InChI=1S/C7H11NO4/c1-5(6(9)11-3)4-12-7(10)8-2/h4H,1-3H3,(H,8,10)/b5-4+. The van der Waals surface area contributed by atoms with Crippen molar-refractivity contribution < 1.29 is 19.1 Å². The fraction of sp³-hybridized carbons (Fsp3) is 0.429. The second kappa shape index (κ2) is 5.17. The van der Waals surface area contributed by atoms with Crippen LogP contribution in [-0.2, 0) is 14.3 Å². The van der Waals surface area contributed by atoms with Crippen molar-refractivity contribution >= 4 is 12.1 Å². The highest BCUT2D eigenvalue weighted by molar-refractivity contribution is 5.87. The van der Waals surface area contributed by atoms with Gasteiger partial charge in [0.05, 0.1) is 12.7 Å². The summed E-state index contributed by atoms with van der Waals surface area (Å²) < 4.78 is 8.82. The van der Waals surface area contributed by atoms with Gasteiger partial charge in [0.1, 0.15) is 6.26 Å². The first-order chi connectivity index (χ1) is 5.61. The first kappa shape index (κ1) is 10.5. The fourth-order valence-electron chi connectivity index (χ4n) is 0.410. The summed E-state index contributed by atoms with van der Waals surface area (Å²) in [6.07, 6.45) is 0.406. The maximum absolute atomic E-state index is 10.7. The average Bonchev–Trinajstić information content (AvgIpc) is 2.11. The zero-order valence-electron chi connectivity index (χ0n) is 7.21.